The van der Waals surface area contributed by atoms with E-state index in [1.165, 1.54) is 11.3 Å². The molecule has 2 rings (SSSR count). The van der Waals surface area contributed by atoms with Crippen LogP contribution in [-0.4, -0.2) is 36.3 Å². The Morgan fingerprint density at radius 2 is 2.25 bits per heavy atom. The molecule has 1 fully saturated rings. The van der Waals surface area contributed by atoms with Crippen molar-refractivity contribution in [2.75, 3.05) is 24.6 Å². The summed E-state index contributed by atoms with van der Waals surface area (Å²) in [4.78, 5) is 6.71. The summed E-state index contributed by atoms with van der Waals surface area (Å²) in [6.45, 7) is 12.3. The summed E-state index contributed by atoms with van der Waals surface area (Å²) in [5, 5.41) is 3.56. The number of nitrogens with one attached hydrogen (secondary N) is 1. The molecule has 1 saturated heterocycles. The third-order valence-electron chi connectivity index (χ3n) is 3.63. The van der Waals surface area contributed by atoms with Crippen molar-refractivity contribution in [2.24, 2.45) is 0 Å². The topological polar surface area (TPSA) is 37.4 Å². The fourth-order valence-electron chi connectivity index (χ4n) is 2.39. The van der Waals surface area contributed by atoms with E-state index in [0.29, 0.717) is 6.10 Å². The number of morpholine rings is 1. The van der Waals surface area contributed by atoms with Crippen LogP contribution in [0.15, 0.2) is 18.5 Å². The zero-order valence-electron chi connectivity index (χ0n) is 13.1. The first-order valence-electron chi connectivity index (χ1n) is 7.54. The SMILES string of the molecule is CCC1CN(c2cnccc2CNC(C)(C)C)CCO1. The first-order valence-corrected chi connectivity index (χ1v) is 7.54. The average molecular weight is 277 g/mol. The number of ether oxygens (including phenoxy) is 1. The zero-order valence-corrected chi connectivity index (χ0v) is 13.1. The molecule has 4 heteroatoms. The van der Waals surface area contributed by atoms with E-state index in [0.717, 1.165) is 32.7 Å². The molecule has 1 aliphatic heterocycles. The van der Waals surface area contributed by atoms with Gasteiger partial charge in [0.1, 0.15) is 0 Å². The molecule has 2 heterocycles. The van der Waals surface area contributed by atoms with E-state index >= 15 is 0 Å². The zero-order chi connectivity index (χ0) is 14.6. The van der Waals surface area contributed by atoms with E-state index in [4.69, 9.17) is 4.74 Å². The molecular weight excluding hydrogens is 250 g/mol. The molecule has 1 unspecified atom stereocenters. The molecule has 1 aliphatic rings. The maximum atomic E-state index is 5.76. The van der Waals surface area contributed by atoms with Crippen molar-refractivity contribution in [3.05, 3.63) is 24.0 Å². The van der Waals surface area contributed by atoms with Gasteiger partial charge in [0.2, 0.25) is 0 Å². The van der Waals surface area contributed by atoms with Gasteiger partial charge in [-0.2, -0.15) is 0 Å². The Morgan fingerprint density at radius 3 is 2.95 bits per heavy atom. The Morgan fingerprint density at radius 1 is 1.45 bits per heavy atom. The van der Waals surface area contributed by atoms with Crippen LogP contribution in [-0.2, 0) is 11.3 Å². The van der Waals surface area contributed by atoms with Crippen molar-refractivity contribution in [2.45, 2.75) is 52.3 Å². The number of nitrogens with zero attached hydrogens (tertiary/aromatic N) is 2. The van der Waals surface area contributed by atoms with Gasteiger partial charge in [-0.3, -0.25) is 4.98 Å². The van der Waals surface area contributed by atoms with E-state index in [1.54, 1.807) is 0 Å². The Labute approximate surface area is 122 Å². The summed E-state index contributed by atoms with van der Waals surface area (Å²) in [6, 6.07) is 2.12. The Balaban J connectivity index is 2.10. The van der Waals surface area contributed by atoms with Crippen LogP contribution in [0.5, 0.6) is 0 Å². The highest BCUT2D eigenvalue weighted by atomic mass is 16.5. The number of pyridine rings is 1. The summed E-state index contributed by atoms with van der Waals surface area (Å²) in [5.74, 6) is 0. The van der Waals surface area contributed by atoms with Gasteiger partial charge in [0, 0.05) is 31.4 Å². The maximum absolute atomic E-state index is 5.76. The van der Waals surface area contributed by atoms with Gasteiger partial charge in [0.05, 0.1) is 24.6 Å². The fraction of sp³-hybridized carbons (Fsp3) is 0.688. The molecule has 1 aromatic heterocycles. The van der Waals surface area contributed by atoms with E-state index < -0.39 is 0 Å². The van der Waals surface area contributed by atoms with Gasteiger partial charge in [-0.25, -0.2) is 0 Å². The van der Waals surface area contributed by atoms with E-state index in [9.17, 15) is 0 Å². The van der Waals surface area contributed by atoms with Crippen molar-refractivity contribution < 1.29 is 4.74 Å². The van der Waals surface area contributed by atoms with Gasteiger partial charge >= 0.3 is 0 Å². The largest absolute Gasteiger partial charge is 0.375 e. The molecule has 0 aliphatic carbocycles. The van der Waals surface area contributed by atoms with Gasteiger partial charge in [0.25, 0.3) is 0 Å². The highest BCUT2D eigenvalue weighted by Crippen LogP contribution is 2.23. The molecule has 1 N–H and O–H groups in total. The van der Waals surface area contributed by atoms with Crippen LogP contribution in [0.1, 0.15) is 39.7 Å². The van der Waals surface area contributed by atoms with E-state index in [2.05, 4.69) is 49.0 Å². The molecule has 20 heavy (non-hydrogen) atoms. The lowest BCUT2D eigenvalue weighted by atomic mass is 10.1. The van der Waals surface area contributed by atoms with Crippen LogP contribution < -0.4 is 10.2 Å². The number of hydrogen-bond donors (Lipinski definition) is 1. The van der Waals surface area contributed by atoms with Crippen molar-refractivity contribution in [1.82, 2.24) is 10.3 Å². The summed E-state index contributed by atoms with van der Waals surface area (Å²) in [5.41, 5.74) is 2.68. The molecule has 0 spiro atoms. The molecule has 0 saturated carbocycles. The van der Waals surface area contributed by atoms with Crippen molar-refractivity contribution in [3.8, 4) is 0 Å². The third-order valence-corrected chi connectivity index (χ3v) is 3.63. The third kappa shape index (κ3) is 4.18. The lowest BCUT2D eigenvalue weighted by Crippen LogP contribution is -2.43. The lowest BCUT2D eigenvalue weighted by molar-refractivity contribution is 0.0383. The Kier molecular flexibility index (Phi) is 5.00. The second kappa shape index (κ2) is 6.55. The average Bonchev–Trinajstić information content (AvgIpc) is 2.45. The molecule has 4 nitrogen and oxygen atoms in total. The summed E-state index contributed by atoms with van der Waals surface area (Å²) < 4.78 is 5.76. The molecule has 1 aromatic rings. The van der Waals surface area contributed by atoms with Gasteiger partial charge in [-0.15, -0.1) is 0 Å². The molecular formula is C16H27N3O. The first kappa shape index (κ1) is 15.3. The summed E-state index contributed by atoms with van der Waals surface area (Å²) in [7, 11) is 0. The van der Waals surface area contributed by atoms with Crippen LogP contribution in [0.2, 0.25) is 0 Å². The second-order valence-corrected chi connectivity index (χ2v) is 6.46. The van der Waals surface area contributed by atoms with Crippen molar-refractivity contribution in [1.29, 1.82) is 0 Å². The summed E-state index contributed by atoms with van der Waals surface area (Å²) >= 11 is 0. The minimum absolute atomic E-state index is 0.123. The van der Waals surface area contributed by atoms with Crippen molar-refractivity contribution in [3.63, 3.8) is 0 Å². The fourth-order valence-corrected chi connectivity index (χ4v) is 2.39. The highest BCUT2D eigenvalue weighted by Gasteiger charge is 2.21. The molecule has 0 aromatic carbocycles. The predicted molar refractivity (Wildman–Crippen MR) is 83.1 cm³/mol. The number of hydrogen-bond acceptors (Lipinski definition) is 4. The van der Waals surface area contributed by atoms with Gasteiger partial charge < -0.3 is 15.0 Å². The molecule has 112 valence electrons. The Bertz CT molecular complexity index is 428. The quantitative estimate of drug-likeness (QED) is 0.918. The minimum atomic E-state index is 0.123. The number of anilines is 1. The predicted octanol–water partition coefficient (Wildman–Crippen LogP) is 2.58. The second-order valence-electron chi connectivity index (χ2n) is 6.46. The smallest absolute Gasteiger partial charge is 0.0748 e. The van der Waals surface area contributed by atoms with Crippen LogP contribution >= 0.6 is 0 Å². The summed E-state index contributed by atoms with van der Waals surface area (Å²) in [6.07, 6.45) is 5.26. The van der Waals surface area contributed by atoms with Crippen LogP contribution in [0, 0.1) is 0 Å². The molecule has 0 radical (unpaired) electrons. The standard InChI is InChI=1S/C16H27N3O/c1-5-14-12-19(8-9-20-14)15-11-17-7-6-13(15)10-18-16(2,3)4/h6-7,11,14,18H,5,8-10,12H2,1-4H3. The van der Waals surface area contributed by atoms with Gasteiger partial charge in [-0.05, 0) is 38.8 Å². The highest BCUT2D eigenvalue weighted by molar-refractivity contribution is 5.52. The lowest BCUT2D eigenvalue weighted by Gasteiger charge is -2.35. The normalized spacial score (nSPS) is 20.2. The molecule has 1 atom stereocenters. The van der Waals surface area contributed by atoms with Gasteiger partial charge in [-0.1, -0.05) is 6.92 Å². The van der Waals surface area contributed by atoms with E-state index in [-0.39, 0.29) is 5.54 Å². The van der Waals surface area contributed by atoms with Crippen molar-refractivity contribution >= 4 is 5.69 Å². The van der Waals surface area contributed by atoms with E-state index in [1.807, 2.05) is 12.4 Å². The Hall–Kier alpha value is -1.13. The van der Waals surface area contributed by atoms with Crippen LogP contribution in [0.4, 0.5) is 5.69 Å². The minimum Gasteiger partial charge on any atom is -0.375 e. The number of rotatable bonds is 4. The van der Waals surface area contributed by atoms with Gasteiger partial charge in [0.15, 0.2) is 0 Å². The maximum Gasteiger partial charge on any atom is 0.0748 e. The van der Waals surface area contributed by atoms with Crippen LogP contribution in [0.25, 0.3) is 0 Å². The molecule has 0 amide bonds. The monoisotopic (exact) mass is 277 g/mol. The molecule has 0 bridgehead atoms. The first-order chi connectivity index (χ1) is 9.49. The number of aromatic nitrogens is 1. The van der Waals surface area contributed by atoms with Crippen LogP contribution in [0.3, 0.4) is 0 Å².